The van der Waals surface area contributed by atoms with Gasteiger partial charge in [-0.05, 0) is 18.2 Å². The van der Waals surface area contributed by atoms with E-state index in [-0.39, 0.29) is 17.3 Å². The van der Waals surface area contributed by atoms with Crippen molar-refractivity contribution in [2.75, 3.05) is 43.5 Å². The highest BCUT2D eigenvalue weighted by Crippen LogP contribution is 2.22. The molecule has 0 spiro atoms. The zero-order valence-electron chi connectivity index (χ0n) is 17.2. The Bertz CT molecular complexity index is 1190. The van der Waals surface area contributed by atoms with Crippen molar-refractivity contribution in [1.29, 1.82) is 0 Å². The van der Waals surface area contributed by atoms with Gasteiger partial charge < -0.3 is 19.9 Å². The third-order valence-corrected chi connectivity index (χ3v) is 5.19. The van der Waals surface area contributed by atoms with Gasteiger partial charge in [-0.1, -0.05) is 12.1 Å². The zero-order valence-corrected chi connectivity index (χ0v) is 17.2. The van der Waals surface area contributed by atoms with E-state index in [0.29, 0.717) is 48.7 Å². The molecule has 1 fully saturated rings. The molecule has 1 aliphatic heterocycles. The summed E-state index contributed by atoms with van der Waals surface area (Å²) in [5.74, 6) is 0.119. The number of carbonyl (C=O) groups is 2. The van der Waals surface area contributed by atoms with Crippen LogP contribution in [0.15, 0.2) is 48.7 Å². The van der Waals surface area contributed by atoms with Crippen LogP contribution in [0.3, 0.4) is 0 Å². The Labute approximate surface area is 182 Å². The first kappa shape index (κ1) is 21.0. The highest BCUT2D eigenvalue weighted by molar-refractivity contribution is 6.00. The quantitative estimate of drug-likeness (QED) is 0.375. The van der Waals surface area contributed by atoms with E-state index in [0.717, 1.165) is 0 Å². The number of esters is 1. The topological polar surface area (TPSA) is 131 Å². The lowest BCUT2D eigenvalue weighted by Crippen LogP contribution is -2.50. The van der Waals surface area contributed by atoms with Crippen LogP contribution in [0, 0.1) is 10.1 Å². The molecule has 2 amide bonds. The SMILES string of the molecule is COC(=O)c1ccccc1NC(=O)N1CCN(c2cnc3cc([N+](=O)[O-])ccc3n2)CC1. The van der Waals surface area contributed by atoms with Crippen molar-refractivity contribution in [3.05, 3.63) is 64.3 Å². The molecule has 32 heavy (non-hydrogen) atoms. The minimum Gasteiger partial charge on any atom is -0.465 e. The number of piperazine rings is 1. The van der Waals surface area contributed by atoms with E-state index in [9.17, 15) is 19.7 Å². The van der Waals surface area contributed by atoms with Crippen molar-refractivity contribution in [2.24, 2.45) is 0 Å². The van der Waals surface area contributed by atoms with Gasteiger partial charge in [0.15, 0.2) is 0 Å². The van der Waals surface area contributed by atoms with Crippen LogP contribution in [0.2, 0.25) is 0 Å². The summed E-state index contributed by atoms with van der Waals surface area (Å²) in [6.07, 6.45) is 1.58. The Balaban J connectivity index is 1.41. The Morgan fingerprint density at radius 2 is 1.84 bits per heavy atom. The fraction of sp³-hybridized carbons (Fsp3) is 0.238. The van der Waals surface area contributed by atoms with Gasteiger partial charge >= 0.3 is 12.0 Å². The van der Waals surface area contributed by atoms with E-state index in [2.05, 4.69) is 15.3 Å². The number of nitrogens with zero attached hydrogens (tertiary/aromatic N) is 5. The predicted molar refractivity (Wildman–Crippen MR) is 117 cm³/mol. The van der Waals surface area contributed by atoms with E-state index in [1.165, 1.54) is 19.2 Å². The molecule has 0 radical (unpaired) electrons. The Morgan fingerprint density at radius 3 is 2.56 bits per heavy atom. The normalized spacial score (nSPS) is 13.7. The van der Waals surface area contributed by atoms with Gasteiger partial charge in [0.25, 0.3) is 5.69 Å². The van der Waals surface area contributed by atoms with E-state index in [1.54, 1.807) is 41.4 Å². The molecule has 1 aromatic heterocycles. The van der Waals surface area contributed by atoms with Crippen molar-refractivity contribution in [3.63, 3.8) is 0 Å². The number of aromatic nitrogens is 2. The number of fused-ring (bicyclic) bond motifs is 1. The highest BCUT2D eigenvalue weighted by Gasteiger charge is 2.24. The number of urea groups is 1. The van der Waals surface area contributed by atoms with Crippen LogP contribution >= 0.6 is 0 Å². The second-order valence-electron chi connectivity index (χ2n) is 7.10. The first-order valence-corrected chi connectivity index (χ1v) is 9.85. The molecule has 11 heteroatoms. The molecule has 1 N–H and O–H groups in total. The third kappa shape index (κ3) is 4.26. The van der Waals surface area contributed by atoms with E-state index in [1.807, 2.05) is 4.90 Å². The van der Waals surface area contributed by atoms with Crippen LogP contribution in [0.5, 0.6) is 0 Å². The first-order valence-electron chi connectivity index (χ1n) is 9.85. The minimum atomic E-state index is -0.522. The lowest BCUT2D eigenvalue weighted by Gasteiger charge is -2.35. The van der Waals surface area contributed by atoms with E-state index >= 15 is 0 Å². The number of benzene rings is 2. The van der Waals surface area contributed by atoms with Crippen LogP contribution in [-0.2, 0) is 4.74 Å². The molecule has 0 bridgehead atoms. The first-order chi connectivity index (χ1) is 15.5. The third-order valence-electron chi connectivity index (χ3n) is 5.19. The second kappa shape index (κ2) is 8.84. The predicted octanol–water partition coefficient (Wildman–Crippen LogP) is 2.68. The average Bonchev–Trinajstić information content (AvgIpc) is 2.83. The van der Waals surface area contributed by atoms with E-state index in [4.69, 9.17) is 4.74 Å². The molecule has 0 aliphatic carbocycles. The summed E-state index contributed by atoms with van der Waals surface area (Å²) in [4.78, 5) is 47.5. The van der Waals surface area contributed by atoms with Crippen LogP contribution in [-0.4, -0.2) is 65.1 Å². The maximum atomic E-state index is 12.7. The van der Waals surface area contributed by atoms with Crippen LogP contribution in [0.1, 0.15) is 10.4 Å². The Kier molecular flexibility index (Phi) is 5.79. The molecule has 0 atom stereocenters. The van der Waals surface area contributed by atoms with Crippen molar-refractivity contribution in [3.8, 4) is 0 Å². The number of nitrogens with one attached hydrogen (secondary N) is 1. The highest BCUT2D eigenvalue weighted by atomic mass is 16.6. The number of para-hydroxylation sites is 1. The largest absolute Gasteiger partial charge is 0.465 e. The molecule has 3 aromatic rings. The Morgan fingerprint density at radius 1 is 1.09 bits per heavy atom. The summed E-state index contributed by atoms with van der Waals surface area (Å²) in [7, 11) is 1.29. The van der Waals surface area contributed by atoms with Gasteiger partial charge in [-0.25, -0.2) is 14.6 Å². The summed E-state index contributed by atoms with van der Waals surface area (Å²) in [5.41, 5.74) is 1.65. The van der Waals surface area contributed by atoms with Gasteiger partial charge in [0, 0.05) is 38.3 Å². The molecule has 2 heterocycles. The molecule has 1 aliphatic rings. The van der Waals surface area contributed by atoms with Gasteiger partial charge in [-0.2, -0.15) is 0 Å². The van der Waals surface area contributed by atoms with Crippen molar-refractivity contribution in [1.82, 2.24) is 14.9 Å². The fourth-order valence-electron chi connectivity index (χ4n) is 3.47. The van der Waals surface area contributed by atoms with Crippen molar-refractivity contribution in [2.45, 2.75) is 0 Å². The van der Waals surface area contributed by atoms with Crippen molar-refractivity contribution >= 4 is 40.2 Å². The number of ether oxygens (including phenoxy) is 1. The minimum absolute atomic E-state index is 0.0343. The lowest BCUT2D eigenvalue weighted by atomic mass is 10.2. The molecule has 4 rings (SSSR count). The second-order valence-corrected chi connectivity index (χ2v) is 7.10. The summed E-state index contributed by atoms with van der Waals surface area (Å²) >= 11 is 0. The fourth-order valence-corrected chi connectivity index (χ4v) is 3.47. The number of nitro benzene ring substituents is 1. The van der Waals surface area contributed by atoms with Gasteiger partial charge in [-0.3, -0.25) is 15.1 Å². The van der Waals surface area contributed by atoms with Crippen LogP contribution in [0.4, 0.5) is 22.0 Å². The summed E-state index contributed by atoms with van der Waals surface area (Å²) in [6.45, 7) is 1.98. The summed E-state index contributed by atoms with van der Waals surface area (Å²) in [5, 5.41) is 13.7. The molecular formula is C21H20N6O5. The number of rotatable bonds is 4. The number of anilines is 2. The zero-order chi connectivity index (χ0) is 22.7. The monoisotopic (exact) mass is 436 g/mol. The van der Waals surface area contributed by atoms with Gasteiger partial charge in [0.2, 0.25) is 0 Å². The molecule has 11 nitrogen and oxygen atoms in total. The number of carbonyl (C=O) groups excluding carboxylic acids is 2. The standard InChI is InChI=1S/C21H20N6O5/c1-32-20(28)15-4-2-3-5-16(15)24-21(29)26-10-8-25(9-11-26)19-13-22-18-12-14(27(30)31)6-7-17(18)23-19/h2-7,12-13H,8-11H2,1H3,(H,24,29). The van der Waals surface area contributed by atoms with Crippen LogP contribution in [0.25, 0.3) is 11.0 Å². The number of non-ortho nitro benzene ring substituents is 1. The molecule has 2 aromatic carbocycles. The lowest BCUT2D eigenvalue weighted by molar-refractivity contribution is -0.384. The number of hydrogen-bond donors (Lipinski definition) is 1. The van der Waals surface area contributed by atoms with Gasteiger partial charge in [-0.15, -0.1) is 0 Å². The summed E-state index contributed by atoms with van der Waals surface area (Å²) < 4.78 is 4.76. The summed E-state index contributed by atoms with van der Waals surface area (Å²) in [6, 6.07) is 10.7. The molecular weight excluding hydrogens is 416 g/mol. The smallest absolute Gasteiger partial charge is 0.339 e. The average molecular weight is 436 g/mol. The van der Waals surface area contributed by atoms with Crippen molar-refractivity contribution < 1.29 is 19.2 Å². The number of amides is 2. The molecule has 1 saturated heterocycles. The van der Waals surface area contributed by atoms with E-state index < -0.39 is 10.9 Å². The molecule has 0 unspecified atom stereocenters. The van der Waals surface area contributed by atoms with Gasteiger partial charge in [0.1, 0.15) is 5.82 Å². The maximum absolute atomic E-state index is 12.7. The number of methoxy groups -OCH3 is 1. The Hall–Kier alpha value is -4.28. The van der Waals surface area contributed by atoms with Crippen LogP contribution < -0.4 is 10.2 Å². The number of nitro groups is 1. The number of hydrogen-bond acceptors (Lipinski definition) is 8. The molecule has 0 saturated carbocycles. The molecule has 164 valence electrons. The maximum Gasteiger partial charge on any atom is 0.339 e. The van der Waals surface area contributed by atoms with Gasteiger partial charge in [0.05, 0.1) is 40.5 Å².